The zero-order chi connectivity index (χ0) is 17.8. The fraction of sp³-hybridized carbons (Fsp3) is 0.353. The molecule has 1 heterocycles. The van der Waals surface area contributed by atoms with Crippen molar-refractivity contribution >= 4 is 57.6 Å². The third-order valence-electron chi connectivity index (χ3n) is 4.02. The quantitative estimate of drug-likeness (QED) is 0.751. The van der Waals surface area contributed by atoms with E-state index in [0.29, 0.717) is 25.8 Å². The van der Waals surface area contributed by atoms with Crippen LogP contribution in [0.5, 0.6) is 0 Å². The van der Waals surface area contributed by atoms with E-state index in [4.69, 9.17) is 23.2 Å². The highest BCUT2D eigenvalue weighted by atomic mass is 35.5. The number of thioether (sulfide) groups is 1. The molecular weight excluding hydrogens is 381 g/mol. The maximum absolute atomic E-state index is 12.1. The van der Waals surface area contributed by atoms with Gasteiger partial charge in [0.2, 0.25) is 5.91 Å². The Balaban J connectivity index is 1.69. The predicted octanol–water partition coefficient (Wildman–Crippen LogP) is 4.18. The second-order valence-corrected chi connectivity index (χ2v) is 7.74. The van der Waals surface area contributed by atoms with Crippen LogP contribution in [0.2, 0.25) is 10.0 Å². The number of amidine groups is 1. The monoisotopic (exact) mass is 397 g/mol. The Morgan fingerprint density at radius 1 is 1.24 bits per heavy atom. The second kappa shape index (κ2) is 8.25. The summed E-state index contributed by atoms with van der Waals surface area (Å²) in [6.45, 7) is 0. The average molecular weight is 398 g/mol. The van der Waals surface area contributed by atoms with Gasteiger partial charge in [-0.25, -0.2) is 4.99 Å². The van der Waals surface area contributed by atoms with Gasteiger partial charge in [0, 0.05) is 12.1 Å². The van der Waals surface area contributed by atoms with Gasteiger partial charge in [0.15, 0.2) is 5.17 Å². The Morgan fingerprint density at radius 3 is 2.60 bits per heavy atom. The van der Waals surface area contributed by atoms with E-state index in [-0.39, 0.29) is 17.9 Å². The van der Waals surface area contributed by atoms with Crippen LogP contribution >= 0.6 is 35.0 Å². The molecule has 25 heavy (non-hydrogen) atoms. The first-order valence-corrected chi connectivity index (χ1v) is 9.64. The number of aliphatic imine (C=N–C) groups is 1. The zero-order valence-corrected chi connectivity index (χ0v) is 15.7. The second-order valence-electron chi connectivity index (χ2n) is 5.90. The Labute approximate surface area is 160 Å². The maximum Gasteiger partial charge on any atom is 0.264 e. The number of halogens is 2. The molecule has 8 heteroatoms. The number of benzene rings is 1. The number of rotatable bonds is 3. The number of carbonyl (C=O) groups is 2. The summed E-state index contributed by atoms with van der Waals surface area (Å²) in [5.41, 5.74) is 0.390. The Morgan fingerprint density at radius 2 is 1.92 bits per heavy atom. The molecule has 1 saturated carbocycles. The summed E-state index contributed by atoms with van der Waals surface area (Å²) >= 11 is 13.3. The summed E-state index contributed by atoms with van der Waals surface area (Å²) in [4.78, 5) is 28.8. The van der Waals surface area contributed by atoms with Gasteiger partial charge in [-0.15, -0.1) is 0 Å². The molecule has 132 valence electrons. The third-order valence-corrected chi connectivity index (χ3v) is 5.54. The molecule has 1 saturated heterocycles. The van der Waals surface area contributed by atoms with Crippen molar-refractivity contribution in [3.05, 3.63) is 39.2 Å². The van der Waals surface area contributed by atoms with Crippen molar-refractivity contribution in [1.82, 2.24) is 10.6 Å². The van der Waals surface area contributed by atoms with E-state index in [2.05, 4.69) is 15.6 Å². The molecule has 5 nitrogen and oxygen atoms in total. The maximum atomic E-state index is 12.1. The number of para-hydroxylation sites is 1. The smallest absolute Gasteiger partial charge is 0.264 e. The van der Waals surface area contributed by atoms with E-state index >= 15 is 0 Å². The summed E-state index contributed by atoms with van der Waals surface area (Å²) in [7, 11) is 0. The van der Waals surface area contributed by atoms with Crippen molar-refractivity contribution in [2.45, 2.75) is 38.1 Å². The van der Waals surface area contributed by atoms with Gasteiger partial charge in [0.25, 0.3) is 5.91 Å². The van der Waals surface area contributed by atoms with Crippen molar-refractivity contribution in [1.29, 1.82) is 0 Å². The lowest BCUT2D eigenvalue weighted by atomic mass is 9.95. The Hall–Kier alpha value is -1.50. The molecule has 2 amide bonds. The average Bonchev–Trinajstić information content (AvgIpc) is 2.91. The molecule has 1 aliphatic heterocycles. The molecule has 2 aliphatic rings. The van der Waals surface area contributed by atoms with Crippen molar-refractivity contribution in [2.24, 2.45) is 4.99 Å². The SMILES string of the molecule is O=C(/C=C1/SC(=Nc2c(Cl)cccc2Cl)NC1=O)NC1CCCCC1. The molecule has 0 aromatic heterocycles. The summed E-state index contributed by atoms with van der Waals surface area (Å²) in [6, 6.07) is 5.25. The van der Waals surface area contributed by atoms with Gasteiger partial charge in [-0.1, -0.05) is 48.5 Å². The molecule has 1 aliphatic carbocycles. The summed E-state index contributed by atoms with van der Waals surface area (Å²) in [6.07, 6.45) is 6.79. The van der Waals surface area contributed by atoms with Gasteiger partial charge in [0.1, 0.15) is 5.69 Å². The predicted molar refractivity (Wildman–Crippen MR) is 102 cm³/mol. The topological polar surface area (TPSA) is 70.6 Å². The van der Waals surface area contributed by atoms with Crippen molar-refractivity contribution in [3.8, 4) is 0 Å². The van der Waals surface area contributed by atoms with Crippen LogP contribution in [0.3, 0.4) is 0 Å². The first-order chi connectivity index (χ1) is 12.0. The van der Waals surface area contributed by atoms with Gasteiger partial charge in [-0.3, -0.25) is 9.59 Å². The molecule has 0 unspecified atom stereocenters. The highest BCUT2D eigenvalue weighted by Gasteiger charge is 2.26. The fourth-order valence-electron chi connectivity index (χ4n) is 2.79. The molecular formula is C17H17Cl2N3O2S. The minimum atomic E-state index is -0.356. The molecule has 0 spiro atoms. The number of amides is 2. The fourth-order valence-corrected chi connectivity index (χ4v) is 4.07. The van der Waals surface area contributed by atoms with E-state index in [0.717, 1.165) is 37.4 Å². The molecule has 0 atom stereocenters. The minimum absolute atomic E-state index is 0.197. The Bertz CT molecular complexity index is 738. The minimum Gasteiger partial charge on any atom is -0.350 e. The van der Waals surface area contributed by atoms with E-state index in [1.54, 1.807) is 18.2 Å². The van der Waals surface area contributed by atoms with Crippen molar-refractivity contribution in [2.75, 3.05) is 0 Å². The summed E-state index contributed by atoms with van der Waals surface area (Å²) < 4.78 is 0. The van der Waals surface area contributed by atoms with Gasteiger partial charge in [0.05, 0.1) is 15.0 Å². The van der Waals surface area contributed by atoms with Crippen LogP contribution in [0, 0.1) is 0 Å². The van der Waals surface area contributed by atoms with Crippen LogP contribution in [0.4, 0.5) is 5.69 Å². The van der Waals surface area contributed by atoms with Crippen LogP contribution < -0.4 is 10.6 Å². The summed E-state index contributed by atoms with van der Waals surface area (Å²) in [5, 5.41) is 6.71. The van der Waals surface area contributed by atoms with E-state index in [1.807, 2.05) is 0 Å². The molecule has 1 aromatic rings. The lowest BCUT2D eigenvalue weighted by molar-refractivity contribution is -0.118. The van der Waals surface area contributed by atoms with Crippen LogP contribution in [0.15, 0.2) is 34.2 Å². The van der Waals surface area contributed by atoms with Gasteiger partial charge in [-0.05, 0) is 36.7 Å². The first kappa shape index (κ1) is 18.3. The molecule has 0 bridgehead atoms. The molecule has 3 rings (SSSR count). The van der Waals surface area contributed by atoms with Gasteiger partial charge in [-0.2, -0.15) is 0 Å². The number of carbonyl (C=O) groups excluding carboxylic acids is 2. The number of nitrogens with zero attached hydrogens (tertiary/aromatic N) is 1. The lowest BCUT2D eigenvalue weighted by Gasteiger charge is -2.21. The number of hydrogen-bond acceptors (Lipinski definition) is 4. The highest BCUT2D eigenvalue weighted by molar-refractivity contribution is 8.18. The van der Waals surface area contributed by atoms with Crippen LogP contribution in [-0.2, 0) is 9.59 Å². The van der Waals surface area contributed by atoms with Crippen molar-refractivity contribution in [3.63, 3.8) is 0 Å². The van der Waals surface area contributed by atoms with E-state index in [1.165, 1.54) is 12.5 Å². The molecule has 1 aromatic carbocycles. The van der Waals surface area contributed by atoms with E-state index < -0.39 is 0 Å². The lowest BCUT2D eigenvalue weighted by Crippen LogP contribution is -2.35. The highest BCUT2D eigenvalue weighted by Crippen LogP contribution is 2.35. The Kier molecular flexibility index (Phi) is 6.04. The largest absolute Gasteiger partial charge is 0.350 e. The van der Waals surface area contributed by atoms with Gasteiger partial charge < -0.3 is 10.6 Å². The normalized spacial score (nSPS) is 21.6. The summed E-state index contributed by atoms with van der Waals surface area (Å²) in [5.74, 6) is -0.604. The van der Waals surface area contributed by atoms with Gasteiger partial charge >= 0.3 is 0 Å². The standard InChI is InChI=1S/C17H17Cl2N3O2S/c18-11-7-4-8-12(19)15(11)21-17-22-16(24)13(25-17)9-14(23)20-10-5-2-1-3-6-10/h4,7-10H,1-3,5-6H2,(H,20,23)(H,21,22,24)/b13-9+. The number of hydrogen-bond donors (Lipinski definition) is 2. The van der Waals surface area contributed by atoms with Crippen LogP contribution in [0.25, 0.3) is 0 Å². The molecule has 2 fully saturated rings. The first-order valence-electron chi connectivity index (χ1n) is 8.07. The third kappa shape index (κ3) is 4.77. The molecule has 0 radical (unpaired) electrons. The number of nitrogens with one attached hydrogen (secondary N) is 2. The van der Waals surface area contributed by atoms with Crippen LogP contribution in [-0.4, -0.2) is 23.0 Å². The zero-order valence-electron chi connectivity index (χ0n) is 13.4. The van der Waals surface area contributed by atoms with Crippen molar-refractivity contribution < 1.29 is 9.59 Å². The molecule has 2 N–H and O–H groups in total. The van der Waals surface area contributed by atoms with E-state index in [9.17, 15) is 9.59 Å². The van der Waals surface area contributed by atoms with Crippen LogP contribution in [0.1, 0.15) is 32.1 Å².